The van der Waals surface area contributed by atoms with E-state index in [2.05, 4.69) is 15.3 Å². The van der Waals surface area contributed by atoms with Crippen LogP contribution in [0.2, 0.25) is 0 Å². The Bertz CT molecular complexity index is 731. The second-order valence-electron chi connectivity index (χ2n) is 6.32. The third-order valence-corrected chi connectivity index (χ3v) is 4.55. The first kappa shape index (κ1) is 17.3. The molecule has 0 atom stereocenters. The highest BCUT2D eigenvalue weighted by Crippen LogP contribution is 2.35. The number of anilines is 2. The summed E-state index contributed by atoms with van der Waals surface area (Å²) in [4.78, 5) is 8.61. The summed E-state index contributed by atoms with van der Waals surface area (Å²) in [6.45, 7) is 0.711. The van der Waals surface area contributed by atoms with E-state index in [0.717, 1.165) is 47.8 Å². The predicted octanol–water partition coefficient (Wildman–Crippen LogP) is 1.94. The summed E-state index contributed by atoms with van der Waals surface area (Å²) in [5, 5.41) is 3.32. The van der Waals surface area contributed by atoms with Crippen molar-refractivity contribution in [2.75, 3.05) is 31.8 Å². The fraction of sp³-hybridized carbons (Fsp3) is 0.444. The molecule has 0 unspecified atom stereocenters. The van der Waals surface area contributed by atoms with Crippen LogP contribution in [0.25, 0.3) is 0 Å². The average Bonchev–Trinajstić information content (AvgIpc) is 2.58. The molecule has 0 aliphatic heterocycles. The van der Waals surface area contributed by atoms with E-state index in [-0.39, 0.29) is 6.04 Å². The maximum absolute atomic E-state index is 5.86. The van der Waals surface area contributed by atoms with E-state index in [9.17, 15) is 0 Å². The van der Waals surface area contributed by atoms with Crippen LogP contribution in [0.15, 0.2) is 24.3 Å². The van der Waals surface area contributed by atoms with Gasteiger partial charge in [0.05, 0.1) is 19.9 Å². The number of rotatable bonds is 7. The van der Waals surface area contributed by atoms with Crippen LogP contribution in [-0.2, 0) is 6.42 Å². The molecule has 1 aliphatic rings. The maximum Gasteiger partial charge on any atom is 0.222 e. The van der Waals surface area contributed by atoms with Crippen LogP contribution < -0.4 is 26.3 Å². The number of methoxy groups -OCH3 is 2. The quantitative estimate of drug-likeness (QED) is 0.705. The minimum Gasteiger partial charge on any atom is -0.497 e. The lowest BCUT2D eigenvalue weighted by atomic mass is 9.78. The molecule has 7 heteroatoms. The van der Waals surface area contributed by atoms with Crippen molar-refractivity contribution in [3.05, 3.63) is 35.5 Å². The Morgan fingerprint density at radius 3 is 2.64 bits per heavy atom. The van der Waals surface area contributed by atoms with Gasteiger partial charge in [-0.05, 0) is 30.9 Å². The van der Waals surface area contributed by atoms with Crippen LogP contribution in [0, 0.1) is 0 Å². The summed E-state index contributed by atoms with van der Waals surface area (Å²) in [6.07, 6.45) is 2.71. The van der Waals surface area contributed by atoms with E-state index in [1.165, 1.54) is 0 Å². The molecule has 3 rings (SSSR count). The maximum atomic E-state index is 5.86. The molecule has 25 heavy (non-hydrogen) atoms. The number of nitrogens with zero attached hydrogens (tertiary/aromatic N) is 2. The SMILES string of the molecule is COc1ccc(CCNc2cc(C3CC(N)C3)nc(N)n2)c(OC)c1. The van der Waals surface area contributed by atoms with Gasteiger partial charge in [-0.1, -0.05) is 6.07 Å². The van der Waals surface area contributed by atoms with E-state index >= 15 is 0 Å². The van der Waals surface area contributed by atoms with Gasteiger partial charge in [0.15, 0.2) is 0 Å². The van der Waals surface area contributed by atoms with Crippen molar-refractivity contribution in [3.63, 3.8) is 0 Å². The molecule has 1 aromatic carbocycles. The zero-order valence-corrected chi connectivity index (χ0v) is 14.7. The number of ether oxygens (including phenoxy) is 2. The van der Waals surface area contributed by atoms with E-state index in [1.54, 1.807) is 14.2 Å². The predicted molar refractivity (Wildman–Crippen MR) is 98.1 cm³/mol. The Morgan fingerprint density at radius 2 is 1.96 bits per heavy atom. The minimum atomic E-state index is 0.278. The lowest BCUT2D eigenvalue weighted by Gasteiger charge is -2.32. The van der Waals surface area contributed by atoms with E-state index in [4.69, 9.17) is 20.9 Å². The van der Waals surface area contributed by atoms with Crippen molar-refractivity contribution < 1.29 is 9.47 Å². The topological polar surface area (TPSA) is 108 Å². The van der Waals surface area contributed by atoms with Gasteiger partial charge in [0, 0.05) is 30.6 Å². The molecule has 0 radical (unpaired) electrons. The lowest BCUT2D eigenvalue weighted by molar-refractivity contribution is 0.345. The zero-order valence-electron chi connectivity index (χ0n) is 14.7. The third-order valence-electron chi connectivity index (χ3n) is 4.55. The van der Waals surface area contributed by atoms with Gasteiger partial charge in [-0.25, -0.2) is 4.98 Å². The van der Waals surface area contributed by atoms with Crippen LogP contribution in [0.4, 0.5) is 11.8 Å². The highest BCUT2D eigenvalue weighted by molar-refractivity contribution is 5.44. The Labute approximate surface area is 147 Å². The second kappa shape index (κ2) is 7.57. The molecule has 1 fully saturated rings. The van der Waals surface area contributed by atoms with Crippen molar-refractivity contribution in [3.8, 4) is 11.5 Å². The molecule has 1 aliphatic carbocycles. The number of nitrogens with one attached hydrogen (secondary N) is 1. The molecular weight excluding hydrogens is 318 g/mol. The first-order valence-electron chi connectivity index (χ1n) is 8.44. The Hall–Kier alpha value is -2.54. The molecule has 0 bridgehead atoms. The molecule has 1 saturated carbocycles. The fourth-order valence-corrected chi connectivity index (χ4v) is 3.07. The first-order valence-corrected chi connectivity index (χ1v) is 8.44. The molecular formula is C18H25N5O2. The van der Waals surface area contributed by atoms with Crippen molar-refractivity contribution in [1.29, 1.82) is 0 Å². The molecule has 134 valence electrons. The van der Waals surface area contributed by atoms with Gasteiger partial charge < -0.3 is 26.3 Å². The van der Waals surface area contributed by atoms with Gasteiger partial charge in [0.1, 0.15) is 17.3 Å². The zero-order chi connectivity index (χ0) is 17.8. The van der Waals surface area contributed by atoms with Crippen molar-refractivity contribution >= 4 is 11.8 Å². The molecule has 1 heterocycles. The molecule has 0 saturated heterocycles. The van der Waals surface area contributed by atoms with Crippen molar-refractivity contribution in [2.24, 2.45) is 5.73 Å². The standard InChI is InChI=1S/C18H25N5O2/c1-24-14-4-3-11(16(9-14)25-2)5-6-21-17-10-15(22-18(20)23-17)12-7-13(19)8-12/h3-4,9-10,12-13H,5-8,19H2,1-2H3,(H3,20,21,22,23). The average molecular weight is 343 g/mol. The second-order valence-corrected chi connectivity index (χ2v) is 6.32. The monoisotopic (exact) mass is 343 g/mol. The van der Waals surface area contributed by atoms with Crippen LogP contribution in [0.1, 0.15) is 30.0 Å². The highest BCUT2D eigenvalue weighted by atomic mass is 16.5. The number of nitrogen functional groups attached to an aromatic ring is 1. The van der Waals surface area contributed by atoms with Gasteiger partial charge in [-0.3, -0.25) is 0 Å². The molecule has 0 amide bonds. The Balaban J connectivity index is 1.62. The largest absolute Gasteiger partial charge is 0.497 e. The molecule has 1 aromatic heterocycles. The summed E-state index contributed by atoms with van der Waals surface area (Å²) in [5.74, 6) is 3.02. The van der Waals surface area contributed by atoms with Crippen molar-refractivity contribution in [2.45, 2.75) is 31.2 Å². The van der Waals surface area contributed by atoms with Gasteiger partial charge in [-0.15, -0.1) is 0 Å². The van der Waals surface area contributed by atoms with Gasteiger partial charge in [0.25, 0.3) is 0 Å². The minimum absolute atomic E-state index is 0.278. The molecule has 2 aromatic rings. The summed E-state index contributed by atoms with van der Waals surface area (Å²) >= 11 is 0. The molecule has 7 nitrogen and oxygen atoms in total. The lowest BCUT2D eigenvalue weighted by Crippen LogP contribution is -2.35. The van der Waals surface area contributed by atoms with E-state index in [0.29, 0.717) is 18.4 Å². The van der Waals surface area contributed by atoms with E-state index < -0.39 is 0 Å². The number of aromatic nitrogens is 2. The number of hydrogen-bond donors (Lipinski definition) is 3. The number of nitrogens with two attached hydrogens (primary N) is 2. The normalized spacial score (nSPS) is 19.2. The fourth-order valence-electron chi connectivity index (χ4n) is 3.07. The Morgan fingerprint density at radius 1 is 1.16 bits per heavy atom. The number of hydrogen-bond acceptors (Lipinski definition) is 7. The highest BCUT2D eigenvalue weighted by Gasteiger charge is 2.29. The molecule has 5 N–H and O–H groups in total. The van der Waals surface area contributed by atoms with Crippen LogP contribution in [0.3, 0.4) is 0 Å². The molecule has 0 spiro atoms. The Kier molecular flexibility index (Phi) is 5.23. The number of benzene rings is 1. The summed E-state index contributed by atoms with van der Waals surface area (Å²) in [7, 11) is 3.30. The summed E-state index contributed by atoms with van der Waals surface area (Å²) < 4.78 is 10.6. The van der Waals surface area contributed by atoms with E-state index in [1.807, 2.05) is 24.3 Å². The summed E-state index contributed by atoms with van der Waals surface area (Å²) in [6, 6.07) is 8.07. The smallest absolute Gasteiger partial charge is 0.222 e. The van der Waals surface area contributed by atoms with Gasteiger partial charge in [-0.2, -0.15) is 4.98 Å². The first-order chi connectivity index (χ1) is 12.1. The van der Waals surface area contributed by atoms with Gasteiger partial charge >= 0.3 is 0 Å². The van der Waals surface area contributed by atoms with Crippen LogP contribution in [0.5, 0.6) is 11.5 Å². The summed E-state index contributed by atoms with van der Waals surface area (Å²) in [5.41, 5.74) is 13.8. The van der Waals surface area contributed by atoms with Crippen LogP contribution >= 0.6 is 0 Å². The third kappa shape index (κ3) is 4.11. The van der Waals surface area contributed by atoms with Crippen molar-refractivity contribution in [1.82, 2.24) is 9.97 Å². The van der Waals surface area contributed by atoms with Crippen LogP contribution in [-0.4, -0.2) is 36.8 Å². The van der Waals surface area contributed by atoms with Gasteiger partial charge in [0.2, 0.25) is 5.95 Å².